The van der Waals surface area contributed by atoms with E-state index in [1.807, 2.05) is 39.0 Å². The van der Waals surface area contributed by atoms with E-state index in [0.29, 0.717) is 12.5 Å². The monoisotopic (exact) mass is 361 g/mol. The van der Waals surface area contributed by atoms with Gasteiger partial charge in [-0.1, -0.05) is 30.3 Å². The summed E-state index contributed by atoms with van der Waals surface area (Å²) >= 11 is 0. The van der Waals surface area contributed by atoms with Gasteiger partial charge in [0, 0.05) is 26.2 Å². The van der Waals surface area contributed by atoms with Crippen molar-refractivity contribution < 1.29 is 9.59 Å². The van der Waals surface area contributed by atoms with Gasteiger partial charge < -0.3 is 20.9 Å². The highest BCUT2D eigenvalue weighted by atomic mass is 16.2. The van der Waals surface area contributed by atoms with Crippen LogP contribution in [0.3, 0.4) is 0 Å². The number of nitrogens with zero attached hydrogens (tertiary/aromatic N) is 2. The molecule has 0 atom stereocenters. The third-order valence-corrected chi connectivity index (χ3v) is 3.35. The molecule has 7 nitrogen and oxygen atoms in total. The van der Waals surface area contributed by atoms with Crippen LogP contribution in [-0.2, 0) is 16.0 Å². The lowest BCUT2D eigenvalue weighted by Crippen LogP contribution is -2.45. The molecule has 1 rings (SSSR count). The molecule has 7 heteroatoms. The molecule has 0 aliphatic heterocycles. The van der Waals surface area contributed by atoms with E-state index in [9.17, 15) is 9.59 Å². The van der Waals surface area contributed by atoms with Gasteiger partial charge in [0.25, 0.3) is 0 Å². The van der Waals surface area contributed by atoms with Crippen LogP contribution in [0, 0.1) is 0 Å². The van der Waals surface area contributed by atoms with Crippen LogP contribution in [0.1, 0.15) is 26.3 Å². The number of hydrogen-bond donors (Lipinski definition) is 3. The van der Waals surface area contributed by atoms with Crippen LogP contribution in [-0.4, -0.2) is 61.9 Å². The summed E-state index contributed by atoms with van der Waals surface area (Å²) in [5.74, 6) is 0.211. The Morgan fingerprint density at radius 2 is 1.73 bits per heavy atom. The van der Waals surface area contributed by atoms with E-state index in [2.05, 4.69) is 33.1 Å². The number of carbonyl (C=O) groups is 2. The van der Waals surface area contributed by atoms with Crippen LogP contribution < -0.4 is 16.0 Å². The predicted molar refractivity (Wildman–Crippen MR) is 105 cm³/mol. The van der Waals surface area contributed by atoms with Crippen LogP contribution in [0.25, 0.3) is 0 Å². The summed E-state index contributed by atoms with van der Waals surface area (Å²) < 4.78 is 0. The fourth-order valence-electron chi connectivity index (χ4n) is 2.07. The van der Waals surface area contributed by atoms with Crippen molar-refractivity contribution in [1.29, 1.82) is 0 Å². The largest absolute Gasteiger partial charge is 0.356 e. The van der Waals surface area contributed by atoms with E-state index in [1.165, 1.54) is 10.5 Å². The summed E-state index contributed by atoms with van der Waals surface area (Å²) in [6.45, 7) is 6.51. The Labute approximate surface area is 156 Å². The number of aliphatic imine (C=N–C) groups is 1. The number of nitrogens with one attached hydrogen (secondary N) is 3. The van der Waals surface area contributed by atoms with Crippen LogP contribution in [0.2, 0.25) is 0 Å². The van der Waals surface area contributed by atoms with Gasteiger partial charge in [0.15, 0.2) is 5.96 Å². The topological polar surface area (TPSA) is 85.8 Å². The van der Waals surface area contributed by atoms with Crippen molar-refractivity contribution in [2.24, 2.45) is 4.99 Å². The Bertz CT molecular complexity index is 606. The molecule has 1 aromatic rings. The summed E-state index contributed by atoms with van der Waals surface area (Å²) in [5.41, 5.74) is 0.899. The maximum Gasteiger partial charge on any atom is 0.242 e. The van der Waals surface area contributed by atoms with Crippen LogP contribution in [0.15, 0.2) is 35.3 Å². The fraction of sp³-hybridized carbons (Fsp3) is 0.526. The summed E-state index contributed by atoms with van der Waals surface area (Å²) in [6.07, 6.45) is 0.817. The molecule has 0 bridgehead atoms. The molecule has 144 valence electrons. The van der Waals surface area contributed by atoms with Gasteiger partial charge in [0.1, 0.15) is 6.54 Å². The molecule has 0 aromatic heterocycles. The molecular weight excluding hydrogens is 330 g/mol. The van der Waals surface area contributed by atoms with E-state index in [-0.39, 0.29) is 30.4 Å². The zero-order chi connectivity index (χ0) is 19.6. The van der Waals surface area contributed by atoms with Gasteiger partial charge in [0.2, 0.25) is 11.8 Å². The molecule has 0 unspecified atom stereocenters. The molecular formula is C19H31N5O2. The van der Waals surface area contributed by atoms with E-state index in [1.54, 1.807) is 14.1 Å². The highest BCUT2D eigenvalue weighted by Gasteiger charge is 2.13. The first-order chi connectivity index (χ1) is 12.2. The minimum atomic E-state index is -0.304. The molecule has 2 amide bonds. The second-order valence-electron chi connectivity index (χ2n) is 7.27. The third-order valence-electron chi connectivity index (χ3n) is 3.35. The first-order valence-corrected chi connectivity index (χ1v) is 8.74. The van der Waals surface area contributed by atoms with Crippen LogP contribution in [0.4, 0.5) is 0 Å². The lowest BCUT2D eigenvalue weighted by Gasteiger charge is -2.20. The maximum absolute atomic E-state index is 12.0. The second kappa shape index (κ2) is 10.4. The zero-order valence-corrected chi connectivity index (χ0v) is 16.4. The Morgan fingerprint density at radius 3 is 2.31 bits per heavy atom. The smallest absolute Gasteiger partial charge is 0.242 e. The van der Waals surface area contributed by atoms with Crippen molar-refractivity contribution in [3.8, 4) is 0 Å². The van der Waals surface area contributed by atoms with Gasteiger partial charge >= 0.3 is 0 Å². The maximum atomic E-state index is 12.0. The van der Waals surface area contributed by atoms with Gasteiger partial charge in [-0.2, -0.15) is 0 Å². The normalized spacial score (nSPS) is 11.7. The molecule has 0 radical (unpaired) electrons. The first kappa shape index (κ1) is 21.5. The van der Waals surface area contributed by atoms with Gasteiger partial charge in [-0.3, -0.25) is 9.59 Å². The molecule has 0 spiro atoms. The molecule has 0 fully saturated rings. The standard InChI is InChI=1S/C19H31N5O2/c1-19(2,3)23-16(25)13-21-18(22-14-17(26)24(4)5)20-12-11-15-9-7-6-8-10-15/h6-10H,11-14H2,1-5H3,(H,23,25)(H2,20,21,22). The van der Waals surface area contributed by atoms with Crippen molar-refractivity contribution in [3.05, 3.63) is 35.9 Å². The number of guanidine groups is 1. The van der Waals surface area contributed by atoms with E-state index in [0.717, 1.165) is 6.42 Å². The molecule has 1 aromatic carbocycles. The van der Waals surface area contributed by atoms with Crippen LogP contribution in [0.5, 0.6) is 0 Å². The molecule has 0 aliphatic carbocycles. The Kier molecular flexibility index (Phi) is 8.61. The van der Waals surface area contributed by atoms with Crippen molar-refractivity contribution in [1.82, 2.24) is 20.9 Å². The Morgan fingerprint density at radius 1 is 1.08 bits per heavy atom. The summed E-state index contributed by atoms with van der Waals surface area (Å²) in [7, 11) is 3.39. The first-order valence-electron chi connectivity index (χ1n) is 8.74. The number of amides is 2. The number of likely N-dealkylation sites (N-methyl/N-ethyl adjacent to an activating group) is 1. The van der Waals surface area contributed by atoms with E-state index >= 15 is 0 Å². The van der Waals surface area contributed by atoms with Gasteiger partial charge in [-0.05, 0) is 32.8 Å². The average Bonchev–Trinajstić information content (AvgIpc) is 2.55. The van der Waals surface area contributed by atoms with Gasteiger partial charge in [-0.25, -0.2) is 4.99 Å². The van der Waals surface area contributed by atoms with Gasteiger partial charge in [0.05, 0.1) is 6.54 Å². The van der Waals surface area contributed by atoms with E-state index < -0.39 is 0 Å². The van der Waals surface area contributed by atoms with Gasteiger partial charge in [-0.15, -0.1) is 0 Å². The molecule has 0 saturated heterocycles. The Balaban J connectivity index is 2.60. The van der Waals surface area contributed by atoms with Crippen molar-refractivity contribution in [2.75, 3.05) is 33.7 Å². The molecule has 0 aliphatic rings. The number of carbonyl (C=O) groups excluding carboxylic acids is 2. The second-order valence-corrected chi connectivity index (χ2v) is 7.27. The summed E-state index contributed by atoms with van der Waals surface area (Å²) in [6, 6.07) is 10.1. The van der Waals surface area contributed by atoms with Crippen molar-refractivity contribution in [3.63, 3.8) is 0 Å². The Hall–Kier alpha value is -2.57. The highest BCUT2D eigenvalue weighted by Crippen LogP contribution is 1.99. The minimum absolute atomic E-state index is 0.00586. The highest BCUT2D eigenvalue weighted by molar-refractivity contribution is 5.88. The lowest BCUT2D eigenvalue weighted by atomic mass is 10.1. The lowest BCUT2D eigenvalue weighted by molar-refractivity contribution is -0.127. The molecule has 0 heterocycles. The molecule has 0 saturated carbocycles. The SMILES string of the molecule is CN(C)C(=O)CNC(=NCC(=O)NC(C)(C)C)NCCc1ccccc1. The van der Waals surface area contributed by atoms with E-state index in [4.69, 9.17) is 0 Å². The zero-order valence-electron chi connectivity index (χ0n) is 16.4. The quantitative estimate of drug-likeness (QED) is 0.495. The molecule has 3 N–H and O–H groups in total. The summed E-state index contributed by atoms with van der Waals surface area (Å²) in [5, 5.41) is 9.00. The van der Waals surface area contributed by atoms with Crippen molar-refractivity contribution >= 4 is 17.8 Å². The number of benzene rings is 1. The number of hydrogen-bond acceptors (Lipinski definition) is 3. The summed E-state index contributed by atoms with van der Waals surface area (Å²) in [4.78, 5) is 29.5. The third kappa shape index (κ3) is 9.66. The number of rotatable bonds is 7. The minimum Gasteiger partial charge on any atom is -0.356 e. The molecule has 26 heavy (non-hydrogen) atoms. The predicted octanol–water partition coefficient (Wildman–Crippen LogP) is 0.767. The van der Waals surface area contributed by atoms with Crippen molar-refractivity contribution in [2.45, 2.75) is 32.7 Å². The fourth-order valence-corrected chi connectivity index (χ4v) is 2.07. The van der Waals surface area contributed by atoms with Crippen LogP contribution >= 0.6 is 0 Å². The average molecular weight is 361 g/mol.